The van der Waals surface area contributed by atoms with Crippen molar-refractivity contribution >= 4 is 22.6 Å². The maximum absolute atomic E-state index is 12.7. The zero-order valence-electron chi connectivity index (χ0n) is 17.0. The van der Waals surface area contributed by atoms with E-state index < -0.39 is 17.2 Å². The lowest BCUT2D eigenvalue weighted by molar-refractivity contribution is 0.102. The first-order chi connectivity index (χ1) is 15.6. The van der Waals surface area contributed by atoms with Gasteiger partial charge in [-0.15, -0.1) is 0 Å². The van der Waals surface area contributed by atoms with Crippen LogP contribution in [0.5, 0.6) is 0 Å². The smallest absolute Gasteiger partial charge is 0.322 e. The molecule has 4 aromatic rings. The Labute approximate surface area is 180 Å². The van der Waals surface area contributed by atoms with E-state index in [0.717, 1.165) is 37.1 Å². The van der Waals surface area contributed by atoms with E-state index in [-0.39, 0.29) is 17.0 Å². The fourth-order valence-electron chi connectivity index (χ4n) is 3.78. The Morgan fingerprint density at radius 1 is 1.09 bits per heavy atom. The number of nitrogens with zero attached hydrogens (tertiary/aromatic N) is 4. The van der Waals surface area contributed by atoms with Crippen LogP contribution < -0.4 is 16.6 Å². The van der Waals surface area contributed by atoms with E-state index in [1.54, 1.807) is 12.1 Å². The summed E-state index contributed by atoms with van der Waals surface area (Å²) in [6.07, 6.45) is 5.42. The molecule has 0 radical (unpaired) electrons. The summed E-state index contributed by atoms with van der Waals surface area (Å²) < 4.78 is 1.49. The summed E-state index contributed by atoms with van der Waals surface area (Å²) in [4.78, 5) is 48.3. The maximum Gasteiger partial charge on any atom is 0.330 e. The number of hydrogen-bond donors (Lipinski definition) is 3. The number of rotatable bonds is 5. The fraction of sp³-hybridized carbons (Fsp3) is 0.273. The summed E-state index contributed by atoms with van der Waals surface area (Å²) >= 11 is 0. The molecule has 0 bridgehead atoms. The van der Waals surface area contributed by atoms with Crippen LogP contribution in [0.2, 0.25) is 0 Å². The van der Waals surface area contributed by atoms with Crippen LogP contribution in [0.25, 0.3) is 22.4 Å². The van der Waals surface area contributed by atoms with Crippen molar-refractivity contribution in [3.05, 3.63) is 68.8 Å². The van der Waals surface area contributed by atoms with Crippen LogP contribution in [0.3, 0.4) is 0 Å². The van der Waals surface area contributed by atoms with E-state index in [0.29, 0.717) is 23.1 Å². The molecule has 0 atom stereocenters. The zero-order chi connectivity index (χ0) is 21.8. The van der Waals surface area contributed by atoms with E-state index in [1.165, 1.54) is 16.8 Å². The molecule has 2 aliphatic carbocycles. The number of amides is 1. The van der Waals surface area contributed by atoms with Gasteiger partial charge >= 0.3 is 5.69 Å². The molecule has 160 valence electrons. The van der Waals surface area contributed by atoms with Crippen molar-refractivity contribution in [3.63, 3.8) is 0 Å². The van der Waals surface area contributed by atoms with Crippen molar-refractivity contribution in [1.82, 2.24) is 29.7 Å². The molecular weight excluding hydrogens is 410 g/mol. The van der Waals surface area contributed by atoms with Crippen molar-refractivity contribution in [1.29, 1.82) is 0 Å². The second-order valence-electron chi connectivity index (χ2n) is 8.31. The Hall–Kier alpha value is -4.08. The molecule has 3 heterocycles. The van der Waals surface area contributed by atoms with Crippen LogP contribution in [0.15, 0.2) is 46.1 Å². The van der Waals surface area contributed by atoms with Crippen LogP contribution in [0.1, 0.15) is 53.8 Å². The molecule has 2 fully saturated rings. The van der Waals surface area contributed by atoms with Crippen molar-refractivity contribution < 1.29 is 4.79 Å². The normalized spacial score (nSPS) is 15.8. The molecule has 3 N–H and O–H groups in total. The predicted octanol–water partition coefficient (Wildman–Crippen LogP) is 2.33. The average molecular weight is 429 g/mol. The molecule has 0 saturated heterocycles. The monoisotopic (exact) mass is 429 g/mol. The van der Waals surface area contributed by atoms with Gasteiger partial charge in [0.25, 0.3) is 11.5 Å². The highest BCUT2D eigenvalue weighted by Crippen LogP contribution is 2.38. The number of H-pyrrole nitrogens is 2. The first-order valence-electron chi connectivity index (χ1n) is 10.6. The summed E-state index contributed by atoms with van der Waals surface area (Å²) in [7, 11) is 0. The highest BCUT2D eigenvalue weighted by Gasteiger charge is 2.28. The van der Waals surface area contributed by atoms with Gasteiger partial charge in [-0.1, -0.05) is 0 Å². The second kappa shape index (κ2) is 6.98. The van der Waals surface area contributed by atoms with E-state index in [9.17, 15) is 14.4 Å². The molecule has 0 unspecified atom stereocenters. The minimum atomic E-state index is -0.550. The van der Waals surface area contributed by atoms with E-state index in [1.807, 2.05) is 12.1 Å². The topological polar surface area (TPSA) is 138 Å². The number of fused-ring (bicyclic) bond motifs is 1. The molecular formula is C22H19N7O3. The number of nitrogens with one attached hydrogen (secondary N) is 3. The summed E-state index contributed by atoms with van der Waals surface area (Å²) in [6, 6.07) is 8.74. The minimum absolute atomic E-state index is 0.0527. The maximum atomic E-state index is 12.7. The van der Waals surface area contributed by atoms with Gasteiger partial charge in [0, 0.05) is 29.4 Å². The molecule has 2 saturated carbocycles. The third-order valence-electron chi connectivity index (χ3n) is 5.82. The molecule has 32 heavy (non-hydrogen) atoms. The number of benzene rings is 1. The van der Waals surface area contributed by atoms with E-state index >= 15 is 0 Å². The van der Waals surface area contributed by atoms with Gasteiger partial charge in [0.2, 0.25) is 0 Å². The van der Waals surface area contributed by atoms with Crippen molar-refractivity contribution in [2.45, 2.75) is 37.6 Å². The molecule has 1 amide bonds. The second-order valence-corrected chi connectivity index (χ2v) is 8.31. The molecule has 10 heteroatoms. The first kappa shape index (κ1) is 18.7. The lowest BCUT2D eigenvalue weighted by Crippen LogP contribution is -2.30. The molecule has 1 aromatic carbocycles. The lowest BCUT2D eigenvalue weighted by Gasteiger charge is -2.09. The summed E-state index contributed by atoms with van der Waals surface area (Å²) in [5, 5.41) is 10.3. The van der Waals surface area contributed by atoms with Crippen LogP contribution in [-0.4, -0.2) is 35.6 Å². The molecule has 0 spiro atoms. The van der Waals surface area contributed by atoms with E-state index in [2.05, 4.69) is 30.5 Å². The third-order valence-corrected chi connectivity index (χ3v) is 5.82. The summed E-state index contributed by atoms with van der Waals surface area (Å²) in [5.74, 6) is 1.65. The largest absolute Gasteiger partial charge is 0.330 e. The zero-order valence-corrected chi connectivity index (χ0v) is 17.0. The SMILES string of the molecule is O=C(Nc1ccc(-c2n[nH]c(C3CC3)n2)cc1)c1cnc2c(c1)c(=O)[nH]c(=O)n2C1CC1. The number of pyridine rings is 1. The van der Waals surface area contributed by atoms with Crippen LogP contribution in [0.4, 0.5) is 5.69 Å². The number of aromatic nitrogens is 6. The summed E-state index contributed by atoms with van der Waals surface area (Å²) in [5.41, 5.74) is 0.961. The Bertz CT molecular complexity index is 1470. The van der Waals surface area contributed by atoms with E-state index in [4.69, 9.17) is 0 Å². The Balaban J connectivity index is 1.24. The summed E-state index contributed by atoms with van der Waals surface area (Å²) in [6.45, 7) is 0. The predicted molar refractivity (Wildman–Crippen MR) is 117 cm³/mol. The van der Waals surface area contributed by atoms with Gasteiger partial charge in [-0.25, -0.2) is 14.8 Å². The van der Waals surface area contributed by atoms with Gasteiger partial charge in [-0.2, -0.15) is 5.10 Å². The molecule has 3 aromatic heterocycles. The van der Waals surface area contributed by atoms with Gasteiger partial charge in [0.15, 0.2) is 5.82 Å². The van der Waals surface area contributed by atoms with Crippen molar-refractivity contribution in [2.24, 2.45) is 0 Å². The Morgan fingerprint density at radius 2 is 1.88 bits per heavy atom. The molecule has 6 rings (SSSR count). The quantitative estimate of drug-likeness (QED) is 0.445. The first-order valence-corrected chi connectivity index (χ1v) is 10.6. The number of hydrogen-bond acceptors (Lipinski definition) is 6. The van der Waals surface area contributed by atoms with Gasteiger partial charge in [-0.05, 0) is 56.0 Å². The number of carbonyl (C=O) groups is 1. The Morgan fingerprint density at radius 3 is 2.59 bits per heavy atom. The van der Waals surface area contributed by atoms with Crippen LogP contribution in [0, 0.1) is 0 Å². The van der Waals surface area contributed by atoms with Gasteiger partial charge in [0.05, 0.1) is 10.9 Å². The van der Waals surface area contributed by atoms with Crippen molar-refractivity contribution in [2.75, 3.05) is 5.32 Å². The third kappa shape index (κ3) is 3.29. The number of aromatic amines is 2. The Kier molecular flexibility index (Phi) is 4.07. The highest BCUT2D eigenvalue weighted by atomic mass is 16.2. The molecule has 2 aliphatic rings. The van der Waals surface area contributed by atoms with Gasteiger partial charge in [0.1, 0.15) is 11.5 Å². The van der Waals surface area contributed by atoms with Gasteiger partial charge in [-0.3, -0.25) is 24.2 Å². The van der Waals surface area contributed by atoms with Crippen molar-refractivity contribution in [3.8, 4) is 11.4 Å². The fourth-order valence-corrected chi connectivity index (χ4v) is 3.78. The average Bonchev–Trinajstić information content (AvgIpc) is 3.74. The van der Waals surface area contributed by atoms with Gasteiger partial charge < -0.3 is 5.32 Å². The minimum Gasteiger partial charge on any atom is -0.322 e. The lowest BCUT2D eigenvalue weighted by atomic mass is 10.1. The number of carbonyl (C=O) groups excluding carboxylic acids is 1. The molecule has 0 aliphatic heterocycles. The standard InChI is InChI=1S/C22H19N7O3/c30-20(13-9-16-19(23-10-13)29(15-7-8-15)22(32)26-21(16)31)24-14-5-3-12(4-6-14)18-25-17(27-28-18)11-1-2-11/h3-6,9-11,15H,1-2,7-8H2,(H,24,30)(H,25,27,28)(H,26,31,32). The molecule has 10 nitrogen and oxygen atoms in total. The van der Waals surface area contributed by atoms with Crippen LogP contribution >= 0.6 is 0 Å². The number of anilines is 1. The highest BCUT2D eigenvalue weighted by molar-refractivity contribution is 6.05. The van der Waals surface area contributed by atoms with Crippen LogP contribution in [-0.2, 0) is 0 Å².